The molecule has 0 fully saturated rings. The molecule has 0 saturated heterocycles. The molecule has 0 aliphatic carbocycles. The predicted octanol–water partition coefficient (Wildman–Crippen LogP) is 1.06. The summed E-state index contributed by atoms with van der Waals surface area (Å²) in [6.07, 6.45) is 3.93. The largest absolute Gasteiger partial charge is 0.265 e. The molecule has 1 rings (SSSR count). The van der Waals surface area contributed by atoms with Gasteiger partial charge in [-0.2, -0.15) is 0 Å². The summed E-state index contributed by atoms with van der Waals surface area (Å²) >= 11 is 0. The SMILES string of the molecule is CCS(=O)(=O)CCc1ccncc1. The Bertz CT molecular complexity index is 345. The van der Waals surface area contributed by atoms with Gasteiger partial charge < -0.3 is 0 Å². The number of rotatable bonds is 4. The van der Waals surface area contributed by atoms with Crippen LogP contribution in [0.2, 0.25) is 0 Å². The minimum Gasteiger partial charge on any atom is -0.265 e. The van der Waals surface area contributed by atoms with E-state index in [-0.39, 0.29) is 11.5 Å². The Balaban J connectivity index is 2.54. The number of hydrogen-bond donors (Lipinski definition) is 0. The molecule has 72 valence electrons. The topological polar surface area (TPSA) is 47.0 Å². The third-order valence-corrected chi connectivity index (χ3v) is 3.60. The van der Waals surface area contributed by atoms with Crippen molar-refractivity contribution in [2.75, 3.05) is 11.5 Å². The Hall–Kier alpha value is -0.900. The highest BCUT2D eigenvalue weighted by Crippen LogP contribution is 2.00. The van der Waals surface area contributed by atoms with Gasteiger partial charge in [0.25, 0.3) is 0 Å². The Labute approximate surface area is 78.7 Å². The molecule has 0 aliphatic rings. The van der Waals surface area contributed by atoms with Crippen molar-refractivity contribution in [3.05, 3.63) is 30.1 Å². The van der Waals surface area contributed by atoms with E-state index < -0.39 is 9.84 Å². The zero-order valence-electron chi connectivity index (χ0n) is 7.60. The van der Waals surface area contributed by atoms with E-state index in [9.17, 15) is 8.42 Å². The monoisotopic (exact) mass is 199 g/mol. The van der Waals surface area contributed by atoms with Gasteiger partial charge >= 0.3 is 0 Å². The van der Waals surface area contributed by atoms with E-state index in [0.29, 0.717) is 6.42 Å². The van der Waals surface area contributed by atoms with Crippen molar-refractivity contribution in [3.63, 3.8) is 0 Å². The number of nitrogens with zero attached hydrogens (tertiary/aromatic N) is 1. The Morgan fingerprint density at radius 3 is 2.46 bits per heavy atom. The molecule has 0 unspecified atom stereocenters. The lowest BCUT2D eigenvalue weighted by Crippen LogP contribution is -2.10. The van der Waals surface area contributed by atoms with E-state index in [2.05, 4.69) is 4.98 Å². The molecular weight excluding hydrogens is 186 g/mol. The van der Waals surface area contributed by atoms with E-state index in [1.165, 1.54) is 0 Å². The highest BCUT2D eigenvalue weighted by Gasteiger charge is 2.06. The van der Waals surface area contributed by atoms with Crippen LogP contribution in [-0.4, -0.2) is 24.9 Å². The Morgan fingerprint density at radius 1 is 1.31 bits per heavy atom. The summed E-state index contributed by atoms with van der Waals surface area (Å²) in [7, 11) is -2.84. The molecule has 0 radical (unpaired) electrons. The number of aryl methyl sites for hydroxylation is 1. The van der Waals surface area contributed by atoms with Crippen LogP contribution < -0.4 is 0 Å². The summed E-state index contributed by atoms with van der Waals surface area (Å²) in [6, 6.07) is 3.68. The second kappa shape index (κ2) is 4.37. The van der Waals surface area contributed by atoms with Crippen molar-refractivity contribution in [1.82, 2.24) is 4.98 Å². The van der Waals surface area contributed by atoms with Gasteiger partial charge in [0, 0.05) is 18.1 Å². The zero-order chi connectivity index (χ0) is 9.73. The minimum atomic E-state index is -2.84. The highest BCUT2D eigenvalue weighted by atomic mass is 32.2. The second-order valence-corrected chi connectivity index (χ2v) is 5.31. The maximum Gasteiger partial charge on any atom is 0.150 e. The molecule has 0 amide bonds. The molecule has 0 aliphatic heterocycles. The van der Waals surface area contributed by atoms with E-state index in [1.807, 2.05) is 12.1 Å². The first-order valence-corrected chi connectivity index (χ1v) is 6.05. The molecule has 3 nitrogen and oxygen atoms in total. The first-order chi connectivity index (χ1) is 6.14. The fourth-order valence-corrected chi connectivity index (χ4v) is 1.80. The van der Waals surface area contributed by atoms with E-state index in [0.717, 1.165) is 5.56 Å². The van der Waals surface area contributed by atoms with Crippen molar-refractivity contribution in [2.45, 2.75) is 13.3 Å². The molecule has 1 heterocycles. The van der Waals surface area contributed by atoms with Crippen LogP contribution in [0.3, 0.4) is 0 Å². The molecule has 1 aromatic heterocycles. The molecule has 0 aromatic carbocycles. The minimum absolute atomic E-state index is 0.220. The summed E-state index contributed by atoms with van der Waals surface area (Å²) in [5, 5.41) is 0. The Morgan fingerprint density at radius 2 is 1.92 bits per heavy atom. The molecule has 1 aromatic rings. The van der Waals surface area contributed by atoms with Crippen molar-refractivity contribution in [1.29, 1.82) is 0 Å². The fourth-order valence-electron chi connectivity index (χ4n) is 0.967. The molecular formula is C9H13NO2S. The second-order valence-electron chi connectivity index (χ2n) is 2.84. The molecule has 0 atom stereocenters. The van der Waals surface area contributed by atoms with Crippen LogP contribution in [0.1, 0.15) is 12.5 Å². The maximum atomic E-state index is 11.2. The summed E-state index contributed by atoms with van der Waals surface area (Å²) < 4.78 is 22.3. The van der Waals surface area contributed by atoms with Crippen LogP contribution in [0.5, 0.6) is 0 Å². The number of aromatic nitrogens is 1. The lowest BCUT2D eigenvalue weighted by molar-refractivity contribution is 0.596. The number of sulfone groups is 1. The van der Waals surface area contributed by atoms with Gasteiger partial charge in [0.2, 0.25) is 0 Å². The summed E-state index contributed by atoms with van der Waals surface area (Å²) in [5.74, 6) is 0.450. The van der Waals surface area contributed by atoms with Gasteiger partial charge in [0.15, 0.2) is 0 Å². The van der Waals surface area contributed by atoms with Gasteiger partial charge in [-0.15, -0.1) is 0 Å². The average molecular weight is 199 g/mol. The highest BCUT2D eigenvalue weighted by molar-refractivity contribution is 7.91. The summed E-state index contributed by atoms with van der Waals surface area (Å²) in [4.78, 5) is 3.86. The predicted molar refractivity (Wildman–Crippen MR) is 52.3 cm³/mol. The van der Waals surface area contributed by atoms with Crippen LogP contribution in [0.15, 0.2) is 24.5 Å². The number of pyridine rings is 1. The maximum absolute atomic E-state index is 11.2. The zero-order valence-corrected chi connectivity index (χ0v) is 8.42. The molecule has 0 N–H and O–H groups in total. The van der Waals surface area contributed by atoms with E-state index in [1.54, 1.807) is 19.3 Å². The number of hydrogen-bond acceptors (Lipinski definition) is 3. The summed E-state index contributed by atoms with van der Waals surface area (Å²) in [5.41, 5.74) is 1.02. The first-order valence-electron chi connectivity index (χ1n) is 4.23. The smallest absolute Gasteiger partial charge is 0.150 e. The van der Waals surface area contributed by atoms with Crippen LogP contribution in [-0.2, 0) is 16.3 Å². The van der Waals surface area contributed by atoms with Crippen LogP contribution >= 0.6 is 0 Å². The van der Waals surface area contributed by atoms with Gasteiger partial charge in [-0.05, 0) is 24.1 Å². The van der Waals surface area contributed by atoms with Crippen molar-refractivity contribution in [3.8, 4) is 0 Å². The third-order valence-electron chi connectivity index (χ3n) is 1.89. The van der Waals surface area contributed by atoms with Gasteiger partial charge in [0.05, 0.1) is 5.75 Å². The Kier molecular flexibility index (Phi) is 3.42. The molecule has 0 bridgehead atoms. The van der Waals surface area contributed by atoms with Gasteiger partial charge in [-0.3, -0.25) is 4.98 Å². The molecule has 4 heteroatoms. The van der Waals surface area contributed by atoms with E-state index >= 15 is 0 Å². The average Bonchev–Trinajstić information content (AvgIpc) is 2.17. The summed E-state index contributed by atoms with van der Waals surface area (Å²) in [6.45, 7) is 1.67. The third kappa shape index (κ3) is 3.55. The van der Waals surface area contributed by atoms with E-state index in [4.69, 9.17) is 0 Å². The lowest BCUT2D eigenvalue weighted by atomic mass is 10.2. The van der Waals surface area contributed by atoms with Crippen LogP contribution in [0.25, 0.3) is 0 Å². The van der Waals surface area contributed by atoms with Gasteiger partial charge in [-0.25, -0.2) is 8.42 Å². The quantitative estimate of drug-likeness (QED) is 0.728. The van der Waals surface area contributed by atoms with Crippen molar-refractivity contribution >= 4 is 9.84 Å². The van der Waals surface area contributed by atoms with Gasteiger partial charge in [0.1, 0.15) is 9.84 Å². The standard InChI is InChI=1S/C9H13NO2S/c1-2-13(11,12)8-5-9-3-6-10-7-4-9/h3-4,6-7H,2,5,8H2,1H3. The first kappa shape index (κ1) is 10.2. The van der Waals surface area contributed by atoms with Crippen molar-refractivity contribution < 1.29 is 8.42 Å². The molecule has 13 heavy (non-hydrogen) atoms. The van der Waals surface area contributed by atoms with Crippen LogP contribution in [0, 0.1) is 0 Å². The van der Waals surface area contributed by atoms with Crippen LogP contribution in [0.4, 0.5) is 0 Å². The van der Waals surface area contributed by atoms with Crippen molar-refractivity contribution in [2.24, 2.45) is 0 Å². The fraction of sp³-hybridized carbons (Fsp3) is 0.444. The lowest BCUT2D eigenvalue weighted by Gasteiger charge is -2.00. The normalized spacial score (nSPS) is 11.5. The van der Waals surface area contributed by atoms with Gasteiger partial charge in [-0.1, -0.05) is 6.92 Å². The molecule has 0 spiro atoms. The molecule has 0 saturated carbocycles.